The van der Waals surface area contributed by atoms with E-state index in [0.717, 1.165) is 22.3 Å². The number of pyridine rings is 1. The molecule has 0 radical (unpaired) electrons. The molecule has 6 nitrogen and oxygen atoms in total. The molecule has 2 heterocycles. The molecule has 0 spiro atoms. The molecule has 0 aliphatic carbocycles. The number of amides is 1. The first-order chi connectivity index (χ1) is 14.9. The van der Waals surface area contributed by atoms with E-state index in [-0.39, 0.29) is 11.9 Å². The van der Waals surface area contributed by atoms with Gasteiger partial charge in [-0.25, -0.2) is 9.67 Å². The third kappa shape index (κ3) is 4.54. The second kappa shape index (κ2) is 8.78. The highest BCUT2D eigenvalue weighted by Gasteiger charge is 2.16. The first-order valence-corrected chi connectivity index (χ1v) is 10.5. The fourth-order valence-corrected chi connectivity index (χ4v) is 3.65. The molecular weight excluding hydrogens is 410 g/mol. The lowest BCUT2D eigenvalue weighted by molar-refractivity contribution is 0.102. The van der Waals surface area contributed by atoms with Crippen LogP contribution in [0.3, 0.4) is 0 Å². The number of carbonyl (C=O) groups excluding carboxylic acids is 1. The number of aryl methyl sites for hydroxylation is 1. The number of carbonyl (C=O) groups is 1. The highest BCUT2D eigenvalue weighted by molar-refractivity contribution is 6.33. The first kappa shape index (κ1) is 20.9. The van der Waals surface area contributed by atoms with Gasteiger partial charge in [0.05, 0.1) is 28.2 Å². The van der Waals surface area contributed by atoms with E-state index in [2.05, 4.69) is 20.7 Å². The number of benzene rings is 2. The Balaban J connectivity index is 1.49. The molecule has 0 bridgehead atoms. The number of halogens is 1. The van der Waals surface area contributed by atoms with Crippen LogP contribution < -0.4 is 10.6 Å². The summed E-state index contributed by atoms with van der Waals surface area (Å²) in [4.78, 5) is 17.5. The van der Waals surface area contributed by atoms with E-state index in [9.17, 15) is 4.79 Å². The monoisotopic (exact) mass is 433 g/mol. The first-order valence-electron chi connectivity index (χ1n) is 10.2. The van der Waals surface area contributed by atoms with Gasteiger partial charge in [-0.15, -0.1) is 0 Å². The Morgan fingerprint density at radius 1 is 1.13 bits per heavy atom. The highest BCUT2D eigenvalue weighted by atomic mass is 35.5. The van der Waals surface area contributed by atoms with Crippen molar-refractivity contribution in [2.45, 2.75) is 33.4 Å². The Bertz CT molecular complexity index is 1230. The van der Waals surface area contributed by atoms with Crippen LogP contribution in [0.2, 0.25) is 5.02 Å². The Hall–Kier alpha value is -3.38. The van der Waals surface area contributed by atoms with E-state index in [1.54, 1.807) is 12.3 Å². The van der Waals surface area contributed by atoms with Crippen LogP contribution in [0.1, 0.15) is 41.5 Å². The van der Waals surface area contributed by atoms with E-state index in [0.29, 0.717) is 28.5 Å². The number of fused-ring (bicyclic) bond motifs is 1. The standard InChI is InChI=1S/C24H24ClN5O/c1-15(2)30-23-18(14-27-30)11-20(16(3)28-23)24(31)29-19-9-10-22(21(25)12-19)26-13-17-7-5-4-6-8-17/h4-12,14-15,26H,13H2,1-3H3,(H,29,31). The van der Waals surface area contributed by atoms with Crippen LogP contribution in [0.4, 0.5) is 11.4 Å². The minimum atomic E-state index is -0.231. The lowest BCUT2D eigenvalue weighted by Crippen LogP contribution is -2.15. The minimum absolute atomic E-state index is 0.195. The van der Waals surface area contributed by atoms with Gasteiger partial charge in [-0.2, -0.15) is 5.10 Å². The van der Waals surface area contributed by atoms with Gasteiger partial charge in [-0.05, 0) is 50.6 Å². The lowest BCUT2D eigenvalue weighted by Gasteiger charge is -2.12. The fourth-order valence-electron chi connectivity index (χ4n) is 3.40. The van der Waals surface area contributed by atoms with Gasteiger partial charge in [0.2, 0.25) is 0 Å². The van der Waals surface area contributed by atoms with Crippen molar-refractivity contribution in [3.05, 3.63) is 82.6 Å². The Labute approximate surface area is 186 Å². The summed E-state index contributed by atoms with van der Waals surface area (Å²) in [6, 6.07) is 17.5. The molecule has 0 unspecified atom stereocenters. The van der Waals surface area contributed by atoms with Crippen LogP contribution >= 0.6 is 11.6 Å². The number of rotatable bonds is 6. The summed E-state index contributed by atoms with van der Waals surface area (Å²) in [5, 5.41) is 12.0. The van der Waals surface area contributed by atoms with Crippen molar-refractivity contribution < 1.29 is 4.79 Å². The van der Waals surface area contributed by atoms with Crippen LogP contribution in [0.25, 0.3) is 11.0 Å². The highest BCUT2D eigenvalue weighted by Crippen LogP contribution is 2.27. The molecular formula is C24H24ClN5O. The van der Waals surface area contributed by atoms with Crippen LogP contribution in [0.15, 0.2) is 60.8 Å². The van der Waals surface area contributed by atoms with E-state index in [4.69, 9.17) is 11.6 Å². The van der Waals surface area contributed by atoms with Gasteiger partial charge in [-0.1, -0.05) is 41.9 Å². The van der Waals surface area contributed by atoms with E-state index >= 15 is 0 Å². The normalized spacial score (nSPS) is 11.1. The summed E-state index contributed by atoms with van der Waals surface area (Å²) < 4.78 is 1.85. The zero-order chi connectivity index (χ0) is 22.0. The molecule has 1 amide bonds. The average Bonchev–Trinajstić information content (AvgIpc) is 3.16. The van der Waals surface area contributed by atoms with Crippen molar-refractivity contribution in [2.75, 3.05) is 10.6 Å². The van der Waals surface area contributed by atoms with Crippen molar-refractivity contribution in [3.8, 4) is 0 Å². The maximum atomic E-state index is 12.9. The molecule has 0 saturated heterocycles. The molecule has 0 atom stereocenters. The summed E-state index contributed by atoms with van der Waals surface area (Å²) >= 11 is 6.43. The fraction of sp³-hybridized carbons (Fsp3) is 0.208. The molecule has 2 aromatic carbocycles. The molecule has 31 heavy (non-hydrogen) atoms. The molecule has 0 saturated carbocycles. The Kier molecular flexibility index (Phi) is 5.91. The van der Waals surface area contributed by atoms with E-state index < -0.39 is 0 Å². The summed E-state index contributed by atoms with van der Waals surface area (Å²) in [5.74, 6) is -0.231. The smallest absolute Gasteiger partial charge is 0.257 e. The van der Waals surface area contributed by atoms with Crippen molar-refractivity contribution in [3.63, 3.8) is 0 Å². The molecule has 4 aromatic rings. The third-order valence-electron chi connectivity index (χ3n) is 5.05. The third-order valence-corrected chi connectivity index (χ3v) is 5.36. The van der Waals surface area contributed by atoms with Gasteiger partial charge in [-0.3, -0.25) is 4.79 Å². The molecule has 0 aliphatic rings. The van der Waals surface area contributed by atoms with Crippen LogP contribution in [0.5, 0.6) is 0 Å². The van der Waals surface area contributed by atoms with Crippen LogP contribution in [-0.2, 0) is 6.54 Å². The average molecular weight is 434 g/mol. The predicted octanol–water partition coefficient (Wildman–Crippen LogP) is 5.84. The van der Waals surface area contributed by atoms with Gasteiger partial charge < -0.3 is 10.6 Å². The van der Waals surface area contributed by atoms with Gasteiger partial charge in [0.1, 0.15) is 0 Å². The van der Waals surface area contributed by atoms with Gasteiger partial charge in [0.15, 0.2) is 5.65 Å². The second-order valence-electron chi connectivity index (χ2n) is 7.70. The van der Waals surface area contributed by atoms with Crippen molar-refractivity contribution >= 4 is 39.9 Å². The predicted molar refractivity (Wildman–Crippen MR) is 126 cm³/mol. The summed E-state index contributed by atoms with van der Waals surface area (Å²) in [5.41, 5.74) is 4.54. The zero-order valence-electron chi connectivity index (χ0n) is 17.7. The lowest BCUT2D eigenvalue weighted by atomic mass is 10.1. The second-order valence-corrected chi connectivity index (χ2v) is 8.11. The van der Waals surface area contributed by atoms with E-state index in [1.807, 2.05) is 74.0 Å². The zero-order valence-corrected chi connectivity index (χ0v) is 18.4. The van der Waals surface area contributed by atoms with Crippen LogP contribution in [-0.4, -0.2) is 20.7 Å². The van der Waals surface area contributed by atoms with Crippen LogP contribution in [0, 0.1) is 6.92 Å². The summed E-state index contributed by atoms with van der Waals surface area (Å²) in [7, 11) is 0. The number of nitrogens with one attached hydrogen (secondary N) is 2. The van der Waals surface area contributed by atoms with Crippen molar-refractivity contribution in [1.29, 1.82) is 0 Å². The van der Waals surface area contributed by atoms with Crippen molar-refractivity contribution in [2.24, 2.45) is 0 Å². The molecule has 7 heteroatoms. The summed E-state index contributed by atoms with van der Waals surface area (Å²) in [6.07, 6.45) is 1.74. The number of hydrogen-bond acceptors (Lipinski definition) is 4. The topological polar surface area (TPSA) is 71.8 Å². The number of hydrogen-bond donors (Lipinski definition) is 2. The van der Waals surface area contributed by atoms with Gasteiger partial charge >= 0.3 is 0 Å². The maximum absolute atomic E-state index is 12.9. The van der Waals surface area contributed by atoms with Gasteiger partial charge in [0, 0.05) is 23.7 Å². The molecule has 158 valence electrons. The number of anilines is 2. The molecule has 4 rings (SSSR count). The number of nitrogens with zero attached hydrogens (tertiary/aromatic N) is 3. The Morgan fingerprint density at radius 3 is 2.61 bits per heavy atom. The largest absolute Gasteiger partial charge is 0.380 e. The molecule has 0 fully saturated rings. The summed E-state index contributed by atoms with van der Waals surface area (Å²) in [6.45, 7) is 6.59. The maximum Gasteiger partial charge on any atom is 0.257 e. The van der Waals surface area contributed by atoms with Gasteiger partial charge in [0.25, 0.3) is 5.91 Å². The quantitative estimate of drug-likeness (QED) is 0.400. The molecule has 0 aliphatic heterocycles. The minimum Gasteiger partial charge on any atom is -0.380 e. The van der Waals surface area contributed by atoms with Crippen molar-refractivity contribution in [1.82, 2.24) is 14.8 Å². The number of aromatic nitrogens is 3. The molecule has 2 aromatic heterocycles. The molecule has 2 N–H and O–H groups in total. The SMILES string of the molecule is Cc1nc2c(cnn2C(C)C)cc1C(=O)Nc1ccc(NCc2ccccc2)c(Cl)c1. The Morgan fingerprint density at radius 2 is 1.90 bits per heavy atom. The van der Waals surface area contributed by atoms with E-state index in [1.165, 1.54) is 0 Å².